The highest BCUT2D eigenvalue weighted by Gasteiger charge is 2.16. The van der Waals surface area contributed by atoms with Crippen molar-refractivity contribution in [2.24, 2.45) is 0 Å². The van der Waals surface area contributed by atoms with Crippen molar-refractivity contribution >= 4 is 11.8 Å². The number of H-pyrrole nitrogens is 1. The Morgan fingerprint density at radius 2 is 1.65 bits per heavy atom. The van der Waals surface area contributed by atoms with Crippen LogP contribution >= 0.6 is 0 Å². The lowest BCUT2D eigenvalue weighted by Gasteiger charge is -2.35. The second-order valence-corrected chi connectivity index (χ2v) is 7.79. The van der Waals surface area contributed by atoms with Gasteiger partial charge in [0, 0.05) is 55.8 Å². The van der Waals surface area contributed by atoms with E-state index in [4.69, 9.17) is 9.72 Å². The number of hydrogen-bond acceptors (Lipinski definition) is 4. The number of likely N-dealkylation sites (N-methyl/N-ethyl adjacent to an activating group) is 1. The summed E-state index contributed by atoms with van der Waals surface area (Å²) in [5, 5.41) is 0. The lowest BCUT2D eigenvalue weighted by molar-refractivity contribution is 0.178. The smallest absolute Gasteiger partial charge is 0.138 e. The first-order chi connectivity index (χ1) is 15.3. The standard InChI is InChI=1S/C26H32N4O/c1-3-29-15-17-30(18-16-29)24-13-11-22(12-14-24)25-20-27-26(28-25)23-9-7-21(8-10-23)6-5-19-31-4-2/h5-14,20H,3-4,15-19H2,1-2H3,(H,27,28)/b6-5+. The summed E-state index contributed by atoms with van der Waals surface area (Å²) < 4.78 is 5.34. The van der Waals surface area contributed by atoms with Crippen LogP contribution in [0.2, 0.25) is 0 Å². The van der Waals surface area contributed by atoms with E-state index in [1.165, 1.54) is 5.69 Å². The van der Waals surface area contributed by atoms with E-state index in [0.717, 1.165) is 67.5 Å². The molecule has 5 heteroatoms. The summed E-state index contributed by atoms with van der Waals surface area (Å²) in [5.41, 5.74) is 5.64. The Hall–Kier alpha value is -2.89. The first kappa shape index (κ1) is 21.3. The zero-order valence-corrected chi connectivity index (χ0v) is 18.6. The van der Waals surface area contributed by atoms with E-state index in [0.29, 0.717) is 6.61 Å². The molecule has 4 rings (SSSR count). The second-order valence-electron chi connectivity index (χ2n) is 7.79. The van der Waals surface area contributed by atoms with Gasteiger partial charge in [0.15, 0.2) is 0 Å². The summed E-state index contributed by atoms with van der Waals surface area (Å²) in [6.07, 6.45) is 6.10. The van der Waals surface area contributed by atoms with Crippen LogP contribution in [0.5, 0.6) is 0 Å². The van der Waals surface area contributed by atoms with E-state index in [9.17, 15) is 0 Å². The van der Waals surface area contributed by atoms with Crippen molar-refractivity contribution < 1.29 is 4.74 Å². The number of piperazine rings is 1. The SMILES string of the molecule is CCOC/C=C/c1ccc(-c2nc(-c3ccc(N4CCN(CC)CC4)cc3)c[nH]2)cc1. The average Bonchev–Trinajstić information content (AvgIpc) is 3.33. The molecule has 0 radical (unpaired) electrons. The maximum atomic E-state index is 5.34. The molecule has 31 heavy (non-hydrogen) atoms. The van der Waals surface area contributed by atoms with Crippen molar-refractivity contribution in [3.8, 4) is 22.6 Å². The molecular formula is C26H32N4O. The third kappa shape index (κ3) is 5.43. The molecule has 2 heterocycles. The topological polar surface area (TPSA) is 44.4 Å². The molecule has 1 saturated heterocycles. The van der Waals surface area contributed by atoms with Gasteiger partial charge in [-0.2, -0.15) is 0 Å². The van der Waals surface area contributed by atoms with Crippen LogP contribution in [-0.4, -0.2) is 60.8 Å². The van der Waals surface area contributed by atoms with Crippen LogP contribution in [-0.2, 0) is 4.74 Å². The fraction of sp³-hybridized carbons (Fsp3) is 0.346. The average molecular weight is 417 g/mol. The van der Waals surface area contributed by atoms with Crippen LogP contribution < -0.4 is 4.90 Å². The van der Waals surface area contributed by atoms with E-state index in [-0.39, 0.29) is 0 Å². The summed E-state index contributed by atoms with van der Waals surface area (Å²) in [7, 11) is 0. The zero-order valence-electron chi connectivity index (χ0n) is 18.6. The number of rotatable bonds is 8. The van der Waals surface area contributed by atoms with E-state index in [1.807, 2.05) is 19.2 Å². The van der Waals surface area contributed by atoms with Crippen LogP contribution in [0.3, 0.4) is 0 Å². The predicted molar refractivity (Wildman–Crippen MR) is 129 cm³/mol. The molecule has 1 aliphatic heterocycles. The first-order valence-electron chi connectivity index (χ1n) is 11.2. The number of aromatic nitrogens is 2. The molecule has 1 N–H and O–H groups in total. The normalized spacial score (nSPS) is 15.1. The van der Waals surface area contributed by atoms with Crippen LogP contribution in [0.4, 0.5) is 5.69 Å². The molecule has 0 unspecified atom stereocenters. The van der Waals surface area contributed by atoms with Crippen LogP contribution in [0.15, 0.2) is 60.8 Å². The Morgan fingerprint density at radius 1 is 0.935 bits per heavy atom. The summed E-state index contributed by atoms with van der Waals surface area (Å²) in [6.45, 7) is 11.2. The van der Waals surface area contributed by atoms with Gasteiger partial charge in [0.05, 0.1) is 12.3 Å². The molecule has 3 aromatic rings. The summed E-state index contributed by atoms with van der Waals surface area (Å²) in [5.74, 6) is 0.889. The van der Waals surface area contributed by atoms with E-state index >= 15 is 0 Å². The van der Waals surface area contributed by atoms with Crippen molar-refractivity contribution in [3.05, 3.63) is 66.4 Å². The highest BCUT2D eigenvalue weighted by molar-refractivity contribution is 5.67. The van der Waals surface area contributed by atoms with Crippen molar-refractivity contribution in [3.63, 3.8) is 0 Å². The quantitative estimate of drug-likeness (QED) is 0.529. The fourth-order valence-corrected chi connectivity index (χ4v) is 3.90. The minimum Gasteiger partial charge on any atom is -0.378 e. The van der Waals surface area contributed by atoms with Gasteiger partial charge >= 0.3 is 0 Å². The maximum Gasteiger partial charge on any atom is 0.138 e. The third-order valence-electron chi connectivity index (χ3n) is 5.84. The summed E-state index contributed by atoms with van der Waals surface area (Å²) >= 11 is 0. The first-order valence-corrected chi connectivity index (χ1v) is 11.2. The van der Waals surface area contributed by atoms with Crippen molar-refractivity contribution in [1.82, 2.24) is 14.9 Å². The van der Waals surface area contributed by atoms with Gasteiger partial charge in [-0.3, -0.25) is 0 Å². The van der Waals surface area contributed by atoms with Crippen LogP contribution in [0.1, 0.15) is 19.4 Å². The predicted octanol–water partition coefficient (Wildman–Crippen LogP) is 4.94. The third-order valence-corrected chi connectivity index (χ3v) is 5.84. The van der Waals surface area contributed by atoms with Crippen molar-refractivity contribution in [1.29, 1.82) is 0 Å². The van der Waals surface area contributed by atoms with Crippen LogP contribution in [0, 0.1) is 0 Å². The number of hydrogen-bond donors (Lipinski definition) is 1. The van der Waals surface area contributed by atoms with Gasteiger partial charge < -0.3 is 19.5 Å². The molecule has 0 bridgehead atoms. The Labute approximate surface area is 185 Å². The van der Waals surface area contributed by atoms with E-state index < -0.39 is 0 Å². The van der Waals surface area contributed by atoms with Gasteiger partial charge in [-0.05, 0) is 31.2 Å². The van der Waals surface area contributed by atoms with Gasteiger partial charge in [0.25, 0.3) is 0 Å². The van der Waals surface area contributed by atoms with Gasteiger partial charge in [-0.15, -0.1) is 0 Å². The van der Waals surface area contributed by atoms with Gasteiger partial charge in [-0.25, -0.2) is 4.98 Å². The zero-order chi connectivity index (χ0) is 21.5. The Kier molecular flexibility index (Phi) is 7.18. The number of nitrogens with zero attached hydrogens (tertiary/aromatic N) is 3. The lowest BCUT2D eigenvalue weighted by Crippen LogP contribution is -2.46. The Balaban J connectivity index is 1.40. The van der Waals surface area contributed by atoms with Gasteiger partial charge in [-0.1, -0.05) is 55.5 Å². The van der Waals surface area contributed by atoms with Gasteiger partial charge in [0.2, 0.25) is 0 Å². The molecule has 0 aliphatic carbocycles. The summed E-state index contributed by atoms with van der Waals surface area (Å²) in [6, 6.07) is 17.2. The Bertz CT molecular complexity index is 967. The summed E-state index contributed by atoms with van der Waals surface area (Å²) in [4.78, 5) is 13.1. The number of imidazole rings is 1. The molecule has 5 nitrogen and oxygen atoms in total. The lowest BCUT2D eigenvalue weighted by atomic mass is 10.1. The molecule has 1 aliphatic rings. The van der Waals surface area contributed by atoms with Gasteiger partial charge in [0.1, 0.15) is 5.82 Å². The number of ether oxygens (including phenoxy) is 1. The second kappa shape index (κ2) is 10.4. The largest absolute Gasteiger partial charge is 0.378 e. The molecule has 0 saturated carbocycles. The molecule has 0 amide bonds. The minimum atomic E-state index is 0.646. The molecular weight excluding hydrogens is 384 g/mol. The molecule has 0 atom stereocenters. The fourth-order valence-electron chi connectivity index (χ4n) is 3.90. The minimum absolute atomic E-state index is 0.646. The molecule has 0 spiro atoms. The van der Waals surface area contributed by atoms with Crippen LogP contribution in [0.25, 0.3) is 28.7 Å². The monoisotopic (exact) mass is 416 g/mol. The number of aromatic amines is 1. The molecule has 1 fully saturated rings. The van der Waals surface area contributed by atoms with Crippen molar-refractivity contribution in [2.75, 3.05) is 50.8 Å². The highest BCUT2D eigenvalue weighted by atomic mass is 16.5. The molecule has 2 aromatic carbocycles. The van der Waals surface area contributed by atoms with Crippen molar-refractivity contribution in [2.45, 2.75) is 13.8 Å². The molecule has 1 aromatic heterocycles. The number of nitrogens with one attached hydrogen (secondary N) is 1. The van der Waals surface area contributed by atoms with E-state index in [1.54, 1.807) is 0 Å². The molecule has 162 valence electrons. The van der Waals surface area contributed by atoms with E-state index in [2.05, 4.69) is 76.3 Å². The maximum absolute atomic E-state index is 5.34. The Morgan fingerprint density at radius 3 is 2.32 bits per heavy atom. The number of anilines is 1. The highest BCUT2D eigenvalue weighted by Crippen LogP contribution is 2.25. The number of benzene rings is 2.